The molecular formula is C42H77KO3S. The molecule has 47 heavy (non-hydrogen) atoms. The Balaban J connectivity index is 0.0000212. The SMILES string of the molecule is CCCCCCCCCCCCCCCCCCCCCCCCCCCCCCCCCCCCc1ccccc1S(=O)(=O)[O-].[K+]. The van der Waals surface area contributed by atoms with Crippen LogP contribution in [0, 0.1) is 0 Å². The molecule has 270 valence electrons. The maximum Gasteiger partial charge on any atom is 1.00 e. The van der Waals surface area contributed by atoms with Gasteiger partial charge in [-0.1, -0.05) is 237 Å². The summed E-state index contributed by atoms with van der Waals surface area (Å²) in [6.45, 7) is 2.30. The zero-order valence-corrected chi connectivity index (χ0v) is 35.6. The molecule has 0 aliphatic heterocycles. The number of hydrogen-bond donors (Lipinski definition) is 0. The molecule has 0 aliphatic rings. The second-order valence-corrected chi connectivity index (χ2v) is 15.8. The van der Waals surface area contributed by atoms with E-state index in [4.69, 9.17) is 0 Å². The van der Waals surface area contributed by atoms with Crippen LogP contribution in [0.2, 0.25) is 0 Å². The zero-order chi connectivity index (χ0) is 33.2. The van der Waals surface area contributed by atoms with Gasteiger partial charge in [0.15, 0.2) is 0 Å². The monoisotopic (exact) mass is 701 g/mol. The summed E-state index contributed by atoms with van der Waals surface area (Å²) in [6.07, 6.45) is 48.4. The summed E-state index contributed by atoms with van der Waals surface area (Å²) in [5.74, 6) is 0. The average molecular weight is 701 g/mol. The Hall–Kier alpha value is 0.766. The van der Waals surface area contributed by atoms with Crippen molar-refractivity contribution in [2.24, 2.45) is 0 Å². The molecule has 0 fully saturated rings. The van der Waals surface area contributed by atoms with Gasteiger partial charge in [0.05, 0.1) is 4.90 Å². The molecule has 1 rings (SSSR count). The molecule has 0 bridgehead atoms. The second-order valence-electron chi connectivity index (χ2n) is 14.5. The summed E-state index contributed by atoms with van der Waals surface area (Å²) in [5.41, 5.74) is 0.674. The molecule has 1 aromatic rings. The van der Waals surface area contributed by atoms with Crippen molar-refractivity contribution in [3.8, 4) is 0 Å². The standard InChI is InChI=1S/C42H78O3S.K/c1-2-3-4-5-6-7-8-9-10-11-12-13-14-15-16-17-18-19-20-21-22-23-24-25-26-27-28-29-30-31-32-33-34-35-38-41-39-36-37-40-42(41)46(43,44)45;/h36-37,39-40H,2-35,38H2,1H3,(H,43,44,45);/q;+1/p-1. The van der Waals surface area contributed by atoms with Crippen LogP contribution in [0.1, 0.15) is 231 Å². The number of aryl methyl sites for hydroxylation is 1. The molecule has 0 atom stereocenters. The number of benzene rings is 1. The van der Waals surface area contributed by atoms with Gasteiger partial charge in [-0.3, -0.25) is 0 Å². The summed E-state index contributed by atoms with van der Waals surface area (Å²) in [5, 5.41) is 0. The molecule has 5 heteroatoms. The van der Waals surface area contributed by atoms with Crippen LogP contribution in [-0.2, 0) is 16.5 Å². The molecule has 0 N–H and O–H groups in total. The largest absolute Gasteiger partial charge is 1.00 e. The summed E-state index contributed by atoms with van der Waals surface area (Å²) in [6, 6.07) is 6.64. The second kappa shape index (κ2) is 36.6. The van der Waals surface area contributed by atoms with Crippen molar-refractivity contribution < 1.29 is 64.4 Å². The maximum absolute atomic E-state index is 11.4. The smallest absolute Gasteiger partial charge is 0.744 e. The quantitative estimate of drug-likeness (QED) is 0.0398. The van der Waals surface area contributed by atoms with Crippen LogP contribution in [0.25, 0.3) is 0 Å². The Morgan fingerprint density at radius 3 is 0.894 bits per heavy atom. The maximum atomic E-state index is 11.4. The first-order valence-electron chi connectivity index (χ1n) is 20.6. The summed E-state index contributed by atoms with van der Waals surface area (Å²) in [7, 11) is -4.37. The van der Waals surface area contributed by atoms with Gasteiger partial charge in [-0.05, 0) is 24.5 Å². The van der Waals surface area contributed by atoms with E-state index < -0.39 is 10.1 Å². The summed E-state index contributed by atoms with van der Waals surface area (Å²) in [4.78, 5) is -0.0407. The van der Waals surface area contributed by atoms with Gasteiger partial charge >= 0.3 is 51.4 Å². The fourth-order valence-corrected chi connectivity index (χ4v) is 7.74. The van der Waals surface area contributed by atoms with Crippen LogP contribution in [0.3, 0.4) is 0 Å². The third-order valence-corrected chi connectivity index (χ3v) is 11.0. The molecule has 0 aliphatic carbocycles. The van der Waals surface area contributed by atoms with Gasteiger partial charge in [0.1, 0.15) is 10.1 Å². The molecule has 0 saturated carbocycles. The molecule has 0 amide bonds. The molecule has 0 heterocycles. The van der Waals surface area contributed by atoms with E-state index in [-0.39, 0.29) is 56.3 Å². The van der Waals surface area contributed by atoms with Gasteiger partial charge in [-0.15, -0.1) is 0 Å². The van der Waals surface area contributed by atoms with Crippen molar-refractivity contribution >= 4 is 10.1 Å². The number of hydrogen-bond acceptors (Lipinski definition) is 3. The van der Waals surface area contributed by atoms with Crippen LogP contribution in [0.4, 0.5) is 0 Å². The van der Waals surface area contributed by atoms with E-state index >= 15 is 0 Å². The Morgan fingerprint density at radius 1 is 0.404 bits per heavy atom. The normalized spacial score (nSPS) is 11.6. The van der Waals surface area contributed by atoms with E-state index in [9.17, 15) is 13.0 Å². The minimum atomic E-state index is -4.37. The van der Waals surface area contributed by atoms with E-state index in [0.717, 1.165) is 12.8 Å². The van der Waals surface area contributed by atoms with Gasteiger partial charge in [-0.25, -0.2) is 8.42 Å². The van der Waals surface area contributed by atoms with Gasteiger partial charge in [0.25, 0.3) is 0 Å². The van der Waals surface area contributed by atoms with E-state index in [2.05, 4.69) is 6.92 Å². The molecule has 0 saturated heterocycles. The molecule has 3 nitrogen and oxygen atoms in total. The molecule has 0 aromatic heterocycles. The Kier molecular flexibility index (Phi) is 37.1. The third-order valence-electron chi connectivity index (χ3n) is 10.0. The van der Waals surface area contributed by atoms with Gasteiger partial charge in [0.2, 0.25) is 0 Å². The first-order valence-corrected chi connectivity index (χ1v) is 22.0. The van der Waals surface area contributed by atoms with Crippen molar-refractivity contribution in [2.75, 3.05) is 0 Å². The predicted octanol–water partition coefficient (Wildman–Crippen LogP) is 11.4. The molecule has 0 unspecified atom stereocenters. The van der Waals surface area contributed by atoms with E-state index in [1.165, 1.54) is 212 Å². The molecule has 0 radical (unpaired) electrons. The van der Waals surface area contributed by atoms with E-state index in [1.807, 2.05) is 6.07 Å². The van der Waals surface area contributed by atoms with Gasteiger partial charge < -0.3 is 4.55 Å². The first-order chi connectivity index (χ1) is 22.6. The Bertz CT molecular complexity index is 872. The van der Waals surface area contributed by atoms with Crippen molar-refractivity contribution in [2.45, 2.75) is 237 Å². The molecule has 1 aromatic carbocycles. The van der Waals surface area contributed by atoms with Crippen molar-refractivity contribution in [1.29, 1.82) is 0 Å². The predicted molar refractivity (Wildman–Crippen MR) is 201 cm³/mol. The van der Waals surface area contributed by atoms with E-state index in [1.54, 1.807) is 12.1 Å². The van der Waals surface area contributed by atoms with Crippen molar-refractivity contribution in [3.05, 3.63) is 29.8 Å². The first kappa shape index (κ1) is 47.8. The van der Waals surface area contributed by atoms with Crippen LogP contribution < -0.4 is 51.4 Å². The summed E-state index contributed by atoms with van der Waals surface area (Å²) < 4.78 is 34.1. The van der Waals surface area contributed by atoms with Crippen LogP contribution in [0.5, 0.6) is 0 Å². The molecular weight excluding hydrogens is 624 g/mol. The average Bonchev–Trinajstić information content (AvgIpc) is 3.04. The Morgan fingerprint density at radius 2 is 0.638 bits per heavy atom. The minimum absolute atomic E-state index is 0. The molecule has 0 spiro atoms. The van der Waals surface area contributed by atoms with E-state index in [0.29, 0.717) is 12.0 Å². The van der Waals surface area contributed by atoms with Crippen LogP contribution in [0.15, 0.2) is 29.2 Å². The topological polar surface area (TPSA) is 57.2 Å². The minimum Gasteiger partial charge on any atom is -0.744 e. The Labute approximate surface area is 337 Å². The number of rotatable bonds is 36. The zero-order valence-electron chi connectivity index (χ0n) is 31.7. The number of unbranched alkanes of at least 4 members (excludes halogenated alkanes) is 33. The third kappa shape index (κ3) is 32.4. The van der Waals surface area contributed by atoms with Crippen LogP contribution >= 0.6 is 0 Å². The van der Waals surface area contributed by atoms with Gasteiger partial charge in [0, 0.05) is 0 Å². The fraction of sp³-hybridized carbons (Fsp3) is 0.857. The fourth-order valence-electron chi connectivity index (χ4n) is 7.00. The van der Waals surface area contributed by atoms with Gasteiger partial charge in [-0.2, -0.15) is 0 Å². The van der Waals surface area contributed by atoms with Crippen molar-refractivity contribution in [1.82, 2.24) is 0 Å². The summed E-state index contributed by atoms with van der Waals surface area (Å²) >= 11 is 0. The van der Waals surface area contributed by atoms with Crippen LogP contribution in [-0.4, -0.2) is 13.0 Å². The van der Waals surface area contributed by atoms with Crippen molar-refractivity contribution in [3.63, 3.8) is 0 Å².